The zero-order valence-electron chi connectivity index (χ0n) is 39.6. The number of rotatable bonds is 13. The first-order chi connectivity index (χ1) is 32.8. The Balaban J connectivity index is 0.000000133. The van der Waals surface area contributed by atoms with E-state index in [2.05, 4.69) is 61.0 Å². The number of primary sulfonamides is 1. The van der Waals surface area contributed by atoms with Crippen molar-refractivity contribution < 1.29 is 26.4 Å². The van der Waals surface area contributed by atoms with Gasteiger partial charge in [0.15, 0.2) is 10.1 Å². The van der Waals surface area contributed by atoms with Crippen molar-refractivity contribution in [2.24, 2.45) is 10.1 Å². The van der Waals surface area contributed by atoms with Crippen LogP contribution in [0.4, 0.5) is 16.2 Å². The SMILES string of the molecule is CCC(c1cc(S(=O)(=O)NC(=O)Nc2c3c(cc4c2CCC4)CCC3)nn1C1CC1)N1CCC1.CCC(c1cc(S(N)(=O)=O)nn1C1CC1)N1CCC1.O=C=Nc1c2c(cc3c1CCC3)CCC2. The lowest BCUT2D eigenvalue weighted by Crippen LogP contribution is -2.40. The average molecular weight is 967 g/mol. The molecule has 4 N–H and O–H groups in total. The van der Waals surface area contributed by atoms with Crippen LogP contribution in [0.15, 0.2) is 39.3 Å². The van der Waals surface area contributed by atoms with Crippen LogP contribution in [-0.4, -0.2) is 84.5 Å². The summed E-state index contributed by atoms with van der Waals surface area (Å²) in [5.41, 5.74) is 14.2. The number of benzene rings is 2. The smallest absolute Gasteiger partial charge is 0.307 e. The fourth-order valence-electron chi connectivity index (χ4n) is 11.6. The van der Waals surface area contributed by atoms with E-state index in [1.165, 1.54) is 70.2 Å². The number of nitrogens with zero attached hydrogens (tertiary/aromatic N) is 7. The van der Waals surface area contributed by atoms with E-state index < -0.39 is 26.1 Å². The molecule has 2 aromatic carbocycles. The minimum atomic E-state index is -4.08. The minimum Gasteiger partial charge on any atom is -0.307 e. The van der Waals surface area contributed by atoms with Crippen LogP contribution in [0.25, 0.3) is 0 Å². The molecule has 6 aliphatic carbocycles. The third-order valence-electron chi connectivity index (χ3n) is 15.5. The van der Waals surface area contributed by atoms with Gasteiger partial charge in [0.1, 0.15) is 0 Å². The molecule has 0 radical (unpaired) electrons. The molecule has 68 heavy (non-hydrogen) atoms. The summed E-state index contributed by atoms with van der Waals surface area (Å²) >= 11 is 0. The Kier molecular flexibility index (Phi) is 13.3. The maximum atomic E-state index is 13.2. The first-order valence-electron chi connectivity index (χ1n) is 25.3. The highest BCUT2D eigenvalue weighted by atomic mass is 32.2. The van der Waals surface area contributed by atoms with Crippen molar-refractivity contribution in [1.82, 2.24) is 34.1 Å². The molecule has 8 aliphatic rings. The van der Waals surface area contributed by atoms with Gasteiger partial charge in [-0.2, -0.15) is 23.6 Å². The fraction of sp³-hybridized carbons (Fsp3) is 0.600. The lowest BCUT2D eigenvalue weighted by Gasteiger charge is -2.38. The van der Waals surface area contributed by atoms with Crippen LogP contribution in [0.3, 0.4) is 0 Å². The number of nitrogens with one attached hydrogen (secondary N) is 2. The molecule has 2 atom stereocenters. The van der Waals surface area contributed by atoms with E-state index in [0.717, 1.165) is 152 Å². The predicted octanol–water partition coefficient (Wildman–Crippen LogP) is 7.52. The highest BCUT2D eigenvalue weighted by molar-refractivity contribution is 7.90. The number of nitrogens with two attached hydrogens (primary N) is 1. The number of sulfonamides is 2. The Bertz CT molecular complexity index is 2800. The predicted molar refractivity (Wildman–Crippen MR) is 259 cm³/mol. The van der Waals surface area contributed by atoms with Crippen LogP contribution in [0.5, 0.6) is 0 Å². The summed E-state index contributed by atoms with van der Waals surface area (Å²) in [6.45, 7) is 8.48. The molecule has 2 unspecified atom stereocenters. The van der Waals surface area contributed by atoms with Crippen molar-refractivity contribution >= 4 is 43.5 Å². The van der Waals surface area contributed by atoms with Crippen molar-refractivity contribution in [3.8, 4) is 0 Å². The Morgan fingerprint density at radius 1 is 0.662 bits per heavy atom. The molecule has 2 saturated carbocycles. The molecule has 2 saturated heterocycles. The van der Waals surface area contributed by atoms with Gasteiger partial charge < -0.3 is 5.32 Å². The second-order valence-corrected chi connectivity index (χ2v) is 23.2. The van der Waals surface area contributed by atoms with E-state index in [1.807, 2.05) is 9.36 Å². The number of isocyanates is 1. The summed E-state index contributed by atoms with van der Waals surface area (Å²) in [6.07, 6.45) is 23.1. The molecule has 364 valence electrons. The molecule has 2 amide bonds. The van der Waals surface area contributed by atoms with Crippen molar-refractivity contribution in [1.29, 1.82) is 0 Å². The number of hydrogen-bond acceptors (Lipinski definition) is 11. The maximum Gasteiger partial charge on any atom is 0.333 e. The van der Waals surface area contributed by atoms with Gasteiger partial charge >= 0.3 is 6.03 Å². The number of anilines is 1. The monoisotopic (exact) mass is 966 g/mol. The number of likely N-dealkylation sites (tertiary alicyclic amines) is 2. The normalized spacial score (nSPS) is 20.2. The maximum absolute atomic E-state index is 13.2. The van der Waals surface area contributed by atoms with E-state index in [1.54, 1.807) is 18.2 Å². The second-order valence-electron chi connectivity index (χ2n) is 20.0. The molecule has 0 bridgehead atoms. The van der Waals surface area contributed by atoms with E-state index in [-0.39, 0.29) is 28.2 Å². The van der Waals surface area contributed by atoms with Gasteiger partial charge in [-0.1, -0.05) is 26.0 Å². The van der Waals surface area contributed by atoms with E-state index >= 15 is 0 Å². The average Bonchev–Trinajstić information content (AvgIpc) is 3.77. The molecular formula is C50H66N10O6S2. The summed E-state index contributed by atoms with van der Waals surface area (Å²) in [5.74, 6) is 0. The molecule has 16 nitrogen and oxygen atoms in total. The van der Waals surface area contributed by atoms with Gasteiger partial charge in [0, 0.05) is 44.0 Å². The Morgan fingerprint density at radius 2 is 1.09 bits per heavy atom. The molecule has 4 heterocycles. The van der Waals surface area contributed by atoms with Crippen molar-refractivity contribution in [2.45, 2.75) is 176 Å². The number of amides is 2. The molecule has 2 aliphatic heterocycles. The Labute approximate surface area is 400 Å². The minimum absolute atomic E-state index is 0.00775. The number of carbonyl (C=O) groups excluding carboxylic acids is 2. The quantitative estimate of drug-likeness (QED) is 0.0888. The molecule has 4 aromatic rings. The van der Waals surface area contributed by atoms with Gasteiger partial charge in [-0.3, -0.25) is 19.2 Å². The van der Waals surface area contributed by atoms with Gasteiger partial charge in [-0.25, -0.2) is 27.9 Å². The summed E-state index contributed by atoms with van der Waals surface area (Å²) < 4.78 is 55.5. The molecular weight excluding hydrogens is 901 g/mol. The Hall–Kier alpha value is -4.71. The van der Waals surface area contributed by atoms with Gasteiger partial charge in [-0.05, 0) is 173 Å². The number of aryl methyl sites for hydroxylation is 4. The zero-order valence-corrected chi connectivity index (χ0v) is 41.2. The van der Waals surface area contributed by atoms with Gasteiger partial charge in [0.25, 0.3) is 20.0 Å². The summed E-state index contributed by atoms with van der Waals surface area (Å²) in [7, 11) is -7.80. The van der Waals surface area contributed by atoms with Crippen LogP contribution < -0.4 is 15.2 Å². The van der Waals surface area contributed by atoms with Gasteiger partial charge in [0.05, 0.1) is 41.2 Å². The number of fused-ring (bicyclic) bond motifs is 4. The first kappa shape index (κ1) is 47.0. The zero-order chi connectivity index (χ0) is 47.3. The number of hydrogen-bond donors (Lipinski definition) is 3. The topological polar surface area (TPSA) is 207 Å². The molecule has 0 spiro atoms. The summed E-state index contributed by atoms with van der Waals surface area (Å²) in [4.78, 5) is 32.1. The number of carbonyl (C=O) groups is 1. The lowest BCUT2D eigenvalue weighted by atomic mass is 9.99. The standard InChI is InChI=1S/C25H33N5O3S.C13H13NO.C12H20N4O2S/c1-2-21(29-12-5-13-29)22-15-23(27-30(22)18-10-11-18)34(32,33)28-25(31)26-24-19-8-3-6-16(19)14-17-7-4-9-20(17)24;15-8-14-13-11-5-1-3-9(11)7-10-4-2-6-12(10)13;1-2-10(15-6-3-7-15)11-8-12(19(13,17)18)14-16(11)9-4-5-9/h14-15,18,21H,2-13H2,1H3,(H2,26,28,31);7H,1-6H2;8-10H,2-7H2,1H3,(H2,13,17,18). The van der Waals surface area contributed by atoms with Crippen LogP contribution >= 0.6 is 0 Å². The lowest BCUT2D eigenvalue weighted by molar-refractivity contribution is 0.108. The highest BCUT2D eigenvalue weighted by Gasteiger charge is 2.37. The van der Waals surface area contributed by atoms with Crippen LogP contribution in [0.1, 0.15) is 171 Å². The van der Waals surface area contributed by atoms with Gasteiger partial charge in [-0.15, -0.1) is 0 Å². The fourth-order valence-corrected chi connectivity index (χ4v) is 13.0. The molecule has 18 heteroatoms. The second kappa shape index (κ2) is 19.2. The number of aromatic nitrogens is 4. The van der Waals surface area contributed by atoms with Crippen molar-refractivity contribution in [2.75, 3.05) is 31.5 Å². The third-order valence-corrected chi connectivity index (χ3v) is 17.5. The van der Waals surface area contributed by atoms with E-state index in [4.69, 9.17) is 5.14 Å². The molecule has 4 fully saturated rings. The summed E-state index contributed by atoms with van der Waals surface area (Å²) in [5, 5.41) is 16.8. The van der Waals surface area contributed by atoms with Crippen molar-refractivity contribution in [3.63, 3.8) is 0 Å². The van der Waals surface area contributed by atoms with Crippen molar-refractivity contribution in [3.05, 3.63) is 80.2 Å². The molecule has 2 aromatic heterocycles. The number of urea groups is 1. The van der Waals surface area contributed by atoms with Crippen LogP contribution in [0.2, 0.25) is 0 Å². The van der Waals surface area contributed by atoms with E-state index in [9.17, 15) is 26.4 Å². The number of aliphatic imine (C=N–C) groups is 1. The largest absolute Gasteiger partial charge is 0.333 e. The van der Waals surface area contributed by atoms with Crippen LogP contribution in [-0.2, 0) is 76.2 Å². The first-order valence-corrected chi connectivity index (χ1v) is 28.3. The van der Waals surface area contributed by atoms with E-state index in [0.29, 0.717) is 6.04 Å². The highest BCUT2D eigenvalue weighted by Crippen LogP contribution is 2.43. The molecule has 12 rings (SSSR count). The van der Waals surface area contributed by atoms with Crippen LogP contribution in [0, 0.1) is 0 Å². The summed E-state index contributed by atoms with van der Waals surface area (Å²) in [6, 6.07) is 8.32. The Morgan fingerprint density at radius 3 is 1.49 bits per heavy atom. The third kappa shape index (κ3) is 9.48. The van der Waals surface area contributed by atoms with Gasteiger partial charge in [0.2, 0.25) is 6.08 Å².